The summed E-state index contributed by atoms with van der Waals surface area (Å²) in [5.74, 6) is 0.372. The van der Waals surface area contributed by atoms with Crippen molar-refractivity contribution >= 4 is 22.2 Å². The lowest BCUT2D eigenvalue weighted by Gasteiger charge is -2.33. The lowest BCUT2D eigenvalue weighted by Crippen LogP contribution is -2.48. The molecule has 1 aliphatic heterocycles. The highest BCUT2D eigenvalue weighted by atomic mass is 32.2. The first-order chi connectivity index (χ1) is 15.3. The van der Waals surface area contributed by atoms with Gasteiger partial charge in [0.25, 0.3) is 0 Å². The Kier molecular flexibility index (Phi) is 6.62. The van der Waals surface area contributed by atoms with Crippen molar-refractivity contribution in [2.24, 2.45) is 0 Å². The molecule has 0 atom stereocenters. The highest BCUT2D eigenvalue weighted by Crippen LogP contribution is 2.21. The second-order valence-electron chi connectivity index (χ2n) is 8.46. The minimum absolute atomic E-state index is 0.356. The van der Waals surface area contributed by atoms with E-state index in [1.807, 2.05) is 47.9 Å². The molecule has 9 heteroatoms. The van der Waals surface area contributed by atoms with Gasteiger partial charge in [0.15, 0.2) is 0 Å². The largest absolute Gasteiger partial charge is 0.282 e. The number of aromatic nitrogens is 3. The van der Waals surface area contributed by atoms with Gasteiger partial charge in [-0.15, -0.1) is 0 Å². The third-order valence-corrected chi connectivity index (χ3v) is 8.28. The third kappa shape index (κ3) is 4.56. The average molecular weight is 472 g/mol. The number of hydrogen-bond donors (Lipinski definition) is 0. The predicted octanol–water partition coefficient (Wildman–Crippen LogP) is 3.80. The summed E-state index contributed by atoms with van der Waals surface area (Å²) in [6, 6.07) is 15.3. The first-order valence-corrected chi connectivity index (χ1v) is 12.6. The second kappa shape index (κ2) is 9.27. The molecule has 7 nitrogen and oxygen atoms in total. The number of aryl methyl sites for hydroxylation is 1. The molecule has 0 saturated carbocycles. The van der Waals surface area contributed by atoms with E-state index in [0.717, 1.165) is 16.8 Å². The molecule has 32 heavy (non-hydrogen) atoms. The summed E-state index contributed by atoms with van der Waals surface area (Å²) in [6.45, 7) is 8.92. The maximum absolute atomic E-state index is 13.0. The molecule has 2 aromatic carbocycles. The van der Waals surface area contributed by atoms with Crippen LogP contribution in [0.4, 0.5) is 0 Å². The van der Waals surface area contributed by atoms with Crippen molar-refractivity contribution in [1.29, 1.82) is 0 Å². The van der Waals surface area contributed by atoms with Crippen molar-refractivity contribution in [2.45, 2.75) is 38.3 Å². The van der Waals surface area contributed by atoms with Crippen LogP contribution < -0.4 is 0 Å². The van der Waals surface area contributed by atoms with Crippen molar-refractivity contribution in [3.05, 3.63) is 70.8 Å². The molecule has 0 spiro atoms. The SMILES string of the molecule is Cc1ccccc1-n1cnn(CN2CCN(S(=O)(=O)c3ccc(C(C)C)cc3)CC2)c1=S. The van der Waals surface area contributed by atoms with Crippen LogP contribution in [0.2, 0.25) is 0 Å². The Morgan fingerprint density at radius 1 is 1.00 bits per heavy atom. The monoisotopic (exact) mass is 471 g/mol. The topological polar surface area (TPSA) is 63.4 Å². The van der Waals surface area contributed by atoms with E-state index in [9.17, 15) is 8.42 Å². The standard InChI is InChI=1S/C23H29N5O2S2/c1-18(2)20-8-10-21(11-9-20)32(29,30)26-14-12-25(13-15-26)17-28-23(31)27(16-24-28)22-7-5-4-6-19(22)3/h4-11,16,18H,12-15,17H2,1-3H3. The number of sulfonamides is 1. The maximum atomic E-state index is 13.0. The maximum Gasteiger partial charge on any atom is 0.243 e. The Balaban J connectivity index is 1.41. The van der Waals surface area contributed by atoms with Crippen LogP contribution in [0, 0.1) is 11.7 Å². The number of benzene rings is 2. The Bertz CT molecular complexity index is 1240. The van der Waals surface area contributed by atoms with Crippen LogP contribution in [0.15, 0.2) is 59.8 Å². The van der Waals surface area contributed by atoms with Crippen molar-refractivity contribution < 1.29 is 8.42 Å². The summed E-state index contributed by atoms with van der Waals surface area (Å²) in [5, 5.41) is 4.47. The van der Waals surface area contributed by atoms with E-state index in [2.05, 4.69) is 23.8 Å². The lowest BCUT2D eigenvalue weighted by molar-refractivity contribution is 0.144. The van der Waals surface area contributed by atoms with E-state index in [1.54, 1.807) is 27.4 Å². The van der Waals surface area contributed by atoms with Crippen molar-refractivity contribution in [3.8, 4) is 5.69 Å². The van der Waals surface area contributed by atoms with E-state index in [0.29, 0.717) is 48.4 Å². The summed E-state index contributed by atoms with van der Waals surface area (Å²) in [5.41, 5.74) is 3.28. The first kappa shape index (κ1) is 22.8. The second-order valence-corrected chi connectivity index (χ2v) is 10.8. The summed E-state index contributed by atoms with van der Waals surface area (Å²) < 4.78 is 32.0. The Labute approximate surface area is 195 Å². The van der Waals surface area contributed by atoms with Crippen molar-refractivity contribution in [2.75, 3.05) is 26.2 Å². The number of nitrogens with zero attached hydrogens (tertiary/aromatic N) is 5. The minimum Gasteiger partial charge on any atom is -0.282 e. The van der Waals surface area contributed by atoms with Gasteiger partial charge in [-0.05, 0) is 54.4 Å². The Hall–Kier alpha value is -2.33. The van der Waals surface area contributed by atoms with Crippen LogP contribution in [0.25, 0.3) is 5.69 Å². The molecule has 0 amide bonds. The summed E-state index contributed by atoms with van der Waals surface area (Å²) >= 11 is 5.64. The molecule has 0 aliphatic carbocycles. The molecule has 2 heterocycles. The van der Waals surface area contributed by atoms with Gasteiger partial charge in [-0.3, -0.25) is 9.47 Å². The van der Waals surface area contributed by atoms with E-state index >= 15 is 0 Å². The zero-order valence-electron chi connectivity index (χ0n) is 18.7. The summed E-state index contributed by atoms with van der Waals surface area (Å²) in [4.78, 5) is 2.54. The number of piperazine rings is 1. The van der Waals surface area contributed by atoms with Gasteiger partial charge in [0.1, 0.15) is 6.33 Å². The quantitative estimate of drug-likeness (QED) is 0.512. The van der Waals surface area contributed by atoms with E-state index < -0.39 is 10.0 Å². The van der Waals surface area contributed by atoms with Gasteiger partial charge in [0, 0.05) is 26.2 Å². The lowest BCUT2D eigenvalue weighted by atomic mass is 10.0. The van der Waals surface area contributed by atoms with E-state index in [-0.39, 0.29) is 0 Å². The molecular formula is C23H29N5O2S2. The highest BCUT2D eigenvalue weighted by Gasteiger charge is 2.28. The van der Waals surface area contributed by atoms with Gasteiger partial charge in [0.05, 0.1) is 17.3 Å². The number of rotatable bonds is 6. The predicted molar refractivity (Wildman–Crippen MR) is 128 cm³/mol. The van der Waals surface area contributed by atoms with Crippen LogP contribution in [0.3, 0.4) is 0 Å². The molecule has 0 radical (unpaired) electrons. The highest BCUT2D eigenvalue weighted by molar-refractivity contribution is 7.89. The van der Waals surface area contributed by atoms with Gasteiger partial charge in [-0.1, -0.05) is 44.2 Å². The van der Waals surface area contributed by atoms with Crippen molar-refractivity contribution in [3.63, 3.8) is 0 Å². The minimum atomic E-state index is -3.49. The fourth-order valence-corrected chi connectivity index (χ4v) is 5.58. The normalized spacial score (nSPS) is 16.0. The van der Waals surface area contributed by atoms with Crippen LogP contribution in [-0.2, 0) is 16.7 Å². The van der Waals surface area contributed by atoms with Gasteiger partial charge in [-0.2, -0.15) is 9.40 Å². The molecule has 1 saturated heterocycles. The van der Waals surface area contributed by atoms with Crippen LogP contribution >= 0.6 is 12.2 Å². The van der Waals surface area contributed by atoms with Crippen LogP contribution in [0.5, 0.6) is 0 Å². The molecule has 0 unspecified atom stereocenters. The van der Waals surface area contributed by atoms with Crippen LogP contribution in [-0.4, -0.2) is 58.1 Å². The Morgan fingerprint density at radius 2 is 1.66 bits per heavy atom. The number of hydrogen-bond acceptors (Lipinski definition) is 5. The molecule has 1 aromatic heterocycles. The molecular weight excluding hydrogens is 442 g/mol. The fraction of sp³-hybridized carbons (Fsp3) is 0.391. The average Bonchev–Trinajstić information content (AvgIpc) is 3.14. The summed E-state index contributed by atoms with van der Waals surface area (Å²) in [7, 11) is -3.49. The van der Waals surface area contributed by atoms with Gasteiger partial charge in [-0.25, -0.2) is 13.1 Å². The molecule has 1 fully saturated rings. The van der Waals surface area contributed by atoms with Gasteiger partial charge in [0.2, 0.25) is 14.8 Å². The smallest absolute Gasteiger partial charge is 0.243 e. The Morgan fingerprint density at radius 3 is 2.28 bits per heavy atom. The van der Waals surface area contributed by atoms with Crippen molar-refractivity contribution in [1.82, 2.24) is 23.6 Å². The molecule has 4 rings (SSSR count). The van der Waals surface area contributed by atoms with Crippen LogP contribution in [0.1, 0.15) is 30.9 Å². The summed E-state index contributed by atoms with van der Waals surface area (Å²) in [6.07, 6.45) is 1.74. The molecule has 0 N–H and O–H groups in total. The van der Waals surface area contributed by atoms with Gasteiger partial charge >= 0.3 is 0 Å². The molecule has 1 aliphatic rings. The van der Waals surface area contributed by atoms with E-state index in [1.165, 1.54) is 0 Å². The van der Waals surface area contributed by atoms with E-state index in [4.69, 9.17) is 12.2 Å². The molecule has 0 bridgehead atoms. The molecule has 170 valence electrons. The fourth-order valence-electron chi connectivity index (χ4n) is 3.91. The number of para-hydroxylation sites is 1. The van der Waals surface area contributed by atoms with Gasteiger partial charge < -0.3 is 0 Å². The zero-order valence-corrected chi connectivity index (χ0v) is 20.3. The zero-order chi connectivity index (χ0) is 22.9. The molecule has 3 aromatic rings. The first-order valence-electron chi connectivity index (χ1n) is 10.8. The third-order valence-electron chi connectivity index (χ3n) is 5.96.